The Bertz CT molecular complexity index is 564. The number of hydrogen-bond acceptors (Lipinski definition) is 2. The van der Waals surface area contributed by atoms with Crippen LogP contribution in [0, 0.1) is 0 Å². The normalized spacial score (nSPS) is 12.4. The van der Waals surface area contributed by atoms with E-state index in [0.717, 1.165) is 0 Å². The average molecular weight is 300 g/mol. The molecule has 1 N–H and O–H groups in total. The second-order valence-corrected chi connectivity index (χ2v) is 11.0. The summed E-state index contributed by atoms with van der Waals surface area (Å²) in [5.74, 6) is 0. The first kappa shape index (κ1) is 15.1. The quantitative estimate of drug-likeness (QED) is 0.669. The zero-order valence-electron chi connectivity index (χ0n) is 11.9. The Labute approximate surface area is 126 Å². The van der Waals surface area contributed by atoms with Gasteiger partial charge >= 0.3 is 0 Å². The molecule has 0 unspecified atom stereocenters. The van der Waals surface area contributed by atoms with Crippen LogP contribution in [0.3, 0.4) is 0 Å². The van der Waals surface area contributed by atoms with E-state index in [1.54, 1.807) is 11.8 Å². The summed E-state index contributed by atoms with van der Waals surface area (Å²) in [6.45, 7) is 4.76. The summed E-state index contributed by atoms with van der Waals surface area (Å²) in [5, 5.41) is 10.7. The summed E-state index contributed by atoms with van der Waals surface area (Å²) in [4.78, 5) is 1.23. The van der Waals surface area contributed by atoms with Crippen molar-refractivity contribution in [3.05, 3.63) is 71.3 Å². The zero-order valence-corrected chi connectivity index (χ0v) is 13.7. The van der Waals surface area contributed by atoms with Gasteiger partial charge in [-0.2, -0.15) is 0 Å². The Kier molecular flexibility index (Phi) is 5.23. The van der Waals surface area contributed by atoms with Gasteiger partial charge in [0.05, 0.1) is 6.61 Å². The summed E-state index contributed by atoms with van der Waals surface area (Å²) >= 11 is 1.78. The van der Waals surface area contributed by atoms with Crippen LogP contribution in [0.25, 0.3) is 0 Å². The number of rotatable bonds is 5. The molecule has 104 valence electrons. The summed E-state index contributed by atoms with van der Waals surface area (Å²) in [5.41, 5.74) is 0. The van der Waals surface area contributed by atoms with E-state index in [-0.39, 0.29) is 6.61 Å². The molecule has 0 saturated carbocycles. The molecule has 0 aliphatic heterocycles. The maximum absolute atomic E-state index is 9.36. The van der Waals surface area contributed by atoms with Gasteiger partial charge in [0, 0.05) is 4.90 Å². The van der Waals surface area contributed by atoms with Crippen molar-refractivity contribution in [1.82, 2.24) is 0 Å². The van der Waals surface area contributed by atoms with E-state index >= 15 is 0 Å². The van der Waals surface area contributed by atoms with Crippen LogP contribution in [-0.2, 0) is 0 Å². The molecule has 0 aliphatic rings. The van der Waals surface area contributed by atoms with Crippen LogP contribution in [0.5, 0.6) is 0 Å². The molecule has 0 heterocycles. The third kappa shape index (κ3) is 3.63. The van der Waals surface area contributed by atoms with E-state index in [9.17, 15) is 5.11 Å². The maximum atomic E-state index is 9.36. The van der Waals surface area contributed by atoms with Crippen LogP contribution in [0.1, 0.15) is 0 Å². The number of aliphatic hydroxyl groups is 1. The van der Waals surface area contributed by atoms with Gasteiger partial charge in [-0.15, -0.1) is 0 Å². The molecule has 3 heteroatoms. The molecular weight excluding hydrogens is 280 g/mol. The van der Waals surface area contributed by atoms with Gasteiger partial charge in [-0.05, 0) is 16.7 Å². The molecule has 0 fully saturated rings. The predicted octanol–water partition coefficient (Wildman–Crippen LogP) is 3.81. The van der Waals surface area contributed by atoms with Crippen molar-refractivity contribution in [3.63, 3.8) is 0 Å². The number of hydrogen-bond donors (Lipinski definition) is 1. The van der Waals surface area contributed by atoms with Gasteiger partial charge in [-0.3, -0.25) is 0 Å². The molecule has 0 aromatic heterocycles. The molecule has 0 atom stereocenters. The summed E-state index contributed by atoms with van der Waals surface area (Å²) < 4.78 is 1.30. The van der Waals surface area contributed by atoms with Crippen LogP contribution in [0.2, 0.25) is 13.1 Å². The van der Waals surface area contributed by atoms with Gasteiger partial charge in [-0.25, -0.2) is 0 Å². The molecule has 0 saturated heterocycles. The molecular formula is C17H20OSSi. The van der Waals surface area contributed by atoms with Crippen molar-refractivity contribution in [1.29, 1.82) is 0 Å². The second-order valence-electron chi connectivity index (χ2n) is 5.16. The van der Waals surface area contributed by atoms with E-state index < -0.39 is 8.07 Å². The first-order chi connectivity index (χ1) is 9.64. The molecule has 0 radical (unpaired) electrons. The lowest BCUT2D eigenvalue weighted by atomic mass is 10.4. The fourth-order valence-electron chi connectivity index (χ4n) is 2.12. The van der Waals surface area contributed by atoms with Crippen LogP contribution >= 0.6 is 11.8 Å². The lowest BCUT2D eigenvalue weighted by molar-refractivity contribution is 0.342. The van der Waals surface area contributed by atoms with Crippen molar-refractivity contribution in [2.45, 2.75) is 18.0 Å². The Morgan fingerprint density at radius 2 is 1.55 bits per heavy atom. The summed E-state index contributed by atoms with van der Waals surface area (Å²) in [6, 6.07) is 21.0. The minimum absolute atomic E-state index is 0.0957. The third-order valence-electron chi connectivity index (χ3n) is 3.36. The fraction of sp³-hybridized carbons (Fsp3) is 0.176. The van der Waals surface area contributed by atoms with Gasteiger partial charge in [0.2, 0.25) is 0 Å². The molecule has 0 bridgehead atoms. The Hall–Kier alpha value is -1.29. The van der Waals surface area contributed by atoms with Gasteiger partial charge in [-0.1, -0.05) is 84.6 Å². The highest BCUT2D eigenvalue weighted by Crippen LogP contribution is 2.33. The van der Waals surface area contributed by atoms with Crippen LogP contribution in [-0.4, -0.2) is 19.8 Å². The number of benzene rings is 2. The minimum Gasteiger partial charge on any atom is -0.392 e. The molecule has 1 nitrogen and oxygen atoms in total. The first-order valence-electron chi connectivity index (χ1n) is 6.74. The van der Waals surface area contributed by atoms with Crippen LogP contribution < -0.4 is 5.19 Å². The zero-order chi connectivity index (χ0) is 14.4. The molecule has 2 rings (SSSR count). The highest BCUT2D eigenvalue weighted by atomic mass is 32.2. The summed E-state index contributed by atoms with van der Waals surface area (Å²) in [6.07, 6.45) is 1.97. The number of thioether (sulfide) groups is 1. The van der Waals surface area contributed by atoms with Gasteiger partial charge < -0.3 is 5.11 Å². The highest BCUT2D eigenvalue weighted by Gasteiger charge is 2.28. The molecule has 0 amide bonds. The van der Waals surface area contributed by atoms with Crippen molar-refractivity contribution in [2.24, 2.45) is 0 Å². The van der Waals surface area contributed by atoms with Crippen molar-refractivity contribution >= 4 is 25.0 Å². The van der Waals surface area contributed by atoms with Crippen molar-refractivity contribution in [2.75, 3.05) is 6.61 Å². The molecule has 20 heavy (non-hydrogen) atoms. The molecule has 2 aromatic carbocycles. The molecule has 2 aromatic rings. The van der Waals surface area contributed by atoms with Crippen LogP contribution in [0.15, 0.2) is 76.2 Å². The van der Waals surface area contributed by atoms with Gasteiger partial charge in [0.15, 0.2) is 0 Å². The molecule has 0 aliphatic carbocycles. The average Bonchev–Trinajstić information content (AvgIpc) is 2.49. The van der Waals surface area contributed by atoms with Crippen molar-refractivity contribution in [3.8, 4) is 0 Å². The lowest BCUT2D eigenvalue weighted by Crippen LogP contribution is -2.42. The molecule has 0 spiro atoms. The SMILES string of the molecule is C[Si](C)(/C(=C/CO)Sc1ccccc1)c1ccccc1. The van der Waals surface area contributed by atoms with E-state index in [1.165, 1.54) is 14.6 Å². The van der Waals surface area contributed by atoms with E-state index in [1.807, 2.05) is 18.2 Å². The Morgan fingerprint density at radius 1 is 1.00 bits per heavy atom. The largest absolute Gasteiger partial charge is 0.392 e. The second kappa shape index (κ2) is 6.93. The topological polar surface area (TPSA) is 20.2 Å². The van der Waals surface area contributed by atoms with E-state index in [4.69, 9.17) is 0 Å². The number of aliphatic hydroxyl groups excluding tert-OH is 1. The fourth-order valence-corrected chi connectivity index (χ4v) is 6.46. The maximum Gasteiger partial charge on any atom is 0.120 e. The van der Waals surface area contributed by atoms with E-state index in [0.29, 0.717) is 0 Å². The van der Waals surface area contributed by atoms with Crippen molar-refractivity contribution < 1.29 is 5.11 Å². The summed E-state index contributed by atoms with van der Waals surface area (Å²) in [7, 11) is -1.75. The third-order valence-corrected chi connectivity index (χ3v) is 9.30. The monoisotopic (exact) mass is 300 g/mol. The van der Waals surface area contributed by atoms with E-state index in [2.05, 4.69) is 61.6 Å². The highest BCUT2D eigenvalue weighted by molar-refractivity contribution is 8.05. The lowest BCUT2D eigenvalue weighted by Gasteiger charge is -2.26. The first-order valence-corrected chi connectivity index (χ1v) is 10.6. The Balaban J connectivity index is 2.31. The smallest absolute Gasteiger partial charge is 0.120 e. The minimum atomic E-state index is -1.75. The van der Waals surface area contributed by atoms with Gasteiger partial charge in [0.25, 0.3) is 0 Å². The van der Waals surface area contributed by atoms with Crippen LogP contribution in [0.4, 0.5) is 0 Å². The standard InChI is InChI=1S/C17H20OSSi/c1-20(2,16-11-7-4-8-12-16)17(13-14-18)19-15-9-5-3-6-10-15/h3-13,18H,14H2,1-2H3/b17-13+. The Morgan fingerprint density at radius 3 is 2.10 bits per heavy atom. The van der Waals surface area contributed by atoms with Gasteiger partial charge in [0.1, 0.15) is 8.07 Å². The predicted molar refractivity (Wildman–Crippen MR) is 91.0 cm³/mol.